The van der Waals surface area contributed by atoms with E-state index in [1.54, 1.807) is 48.8 Å². The Morgan fingerprint density at radius 2 is 1.97 bits per heavy atom. The van der Waals surface area contributed by atoms with E-state index in [1.807, 2.05) is 12.1 Å². The molecule has 0 aliphatic carbocycles. The predicted octanol–water partition coefficient (Wildman–Crippen LogP) is 3.78. The van der Waals surface area contributed by atoms with Crippen molar-refractivity contribution in [3.63, 3.8) is 0 Å². The van der Waals surface area contributed by atoms with Crippen LogP contribution in [0.1, 0.15) is 15.9 Å². The van der Waals surface area contributed by atoms with Crippen molar-refractivity contribution in [2.75, 3.05) is 16.7 Å². The molecular weight excluding hydrogens is 434 g/mol. The molecule has 0 atom stereocenters. The van der Waals surface area contributed by atoms with E-state index >= 15 is 0 Å². The van der Waals surface area contributed by atoms with E-state index in [2.05, 4.69) is 19.1 Å². The summed E-state index contributed by atoms with van der Waals surface area (Å²) in [6, 6.07) is 13.5. The number of hydrogen-bond acceptors (Lipinski definition) is 7. The standard InChI is InChI=1S/C21H17N5O3S2/c1-31(28,29)26-15-4-2-3-12(7-15)14-8-16-17(11-24-21(16)23-10-14)20(27)13-5-6-18(22)19(9-13)25-30/h2-11,26H,22H2,1H3,(H,23,24). The molecule has 0 saturated carbocycles. The van der Waals surface area contributed by atoms with Crippen molar-refractivity contribution in [2.45, 2.75) is 0 Å². The molecule has 0 fully saturated rings. The first-order valence-corrected chi connectivity index (χ1v) is 11.3. The molecule has 31 heavy (non-hydrogen) atoms. The van der Waals surface area contributed by atoms with Crippen molar-refractivity contribution in [3.05, 3.63) is 72.1 Å². The number of carbonyl (C=O) groups is 1. The first-order chi connectivity index (χ1) is 14.7. The number of sulfonamides is 1. The molecular formula is C21H17N5O3S2. The maximum Gasteiger partial charge on any atom is 0.229 e. The lowest BCUT2D eigenvalue weighted by Gasteiger charge is -2.07. The molecule has 0 aliphatic heterocycles. The molecule has 4 N–H and O–H groups in total. The summed E-state index contributed by atoms with van der Waals surface area (Å²) in [7, 11) is -3.40. The van der Waals surface area contributed by atoms with Crippen LogP contribution in [-0.4, -0.2) is 30.4 Å². The summed E-state index contributed by atoms with van der Waals surface area (Å²) >= 11 is 4.72. The van der Waals surface area contributed by atoms with Gasteiger partial charge in [0.05, 0.1) is 11.9 Å². The average molecular weight is 452 g/mol. The van der Waals surface area contributed by atoms with E-state index in [9.17, 15) is 13.2 Å². The molecule has 2 aromatic carbocycles. The minimum atomic E-state index is -3.40. The number of nitrogens with two attached hydrogens (primary N) is 1. The summed E-state index contributed by atoms with van der Waals surface area (Å²) in [5.74, 6) is -0.224. The van der Waals surface area contributed by atoms with Crippen LogP contribution >= 0.6 is 0 Å². The first kappa shape index (κ1) is 20.6. The van der Waals surface area contributed by atoms with Crippen LogP contribution in [0.5, 0.6) is 0 Å². The molecule has 2 heterocycles. The average Bonchev–Trinajstić information content (AvgIpc) is 3.16. The van der Waals surface area contributed by atoms with Gasteiger partial charge in [-0.1, -0.05) is 12.1 Å². The van der Waals surface area contributed by atoms with E-state index in [1.165, 1.54) is 0 Å². The fourth-order valence-corrected chi connectivity index (χ4v) is 3.96. The number of rotatable bonds is 6. The van der Waals surface area contributed by atoms with Gasteiger partial charge in [-0.25, -0.2) is 13.4 Å². The van der Waals surface area contributed by atoms with Crippen LogP contribution in [0.3, 0.4) is 0 Å². The molecule has 10 heteroatoms. The predicted molar refractivity (Wildman–Crippen MR) is 124 cm³/mol. The number of aromatic nitrogens is 2. The molecule has 0 spiro atoms. The quantitative estimate of drug-likeness (QED) is 0.302. The molecule has 0 saturated heterocycles. The molecule has 8 nitrogen and oxygen atoms in total. The minimum absolute atomic E-state index is 0.224. The van der Waals surface area contributed by atoms with Gasteiger partial charge in [-0.15, -0.1) is 0 Å². The van der Waals surface area contributed by atoms with Crippen LogP contribution < -0.4 is 10.5 Å². The van der Waals surface area contributed by atoms with Crippen LogP contribution in [0.15, 0.2) is 65.3 Å². The molecule has 2 aromatic heterocycles. The number of aromatic amines is 1. The highest BCUT2D eigenvalue weighted by molar-refractivity contribution is 7.92. The summed E-state index contributed by atoms with van der Waals surface area (Å²) < 4.78 is 29.2. The van der Waals surface area contributed by atoms with Gasteiger partial charge >= 0.3 is 0 Å². The van der Waals surface area contributed by atoms with E-state index in [-0.39, 0.29) is 5.78 Å². The van der Waals surface area contributed by atoms with E-state index in [0.29, 0.717) is 39.2 Å². The number of ketones is 1. The summed E-state index contributed by atoms with van der Waals surface area (Å²) in [5.41, 5.74) is 9.91. The number of fused-ring (bicyclic) bond motifs is 1. The second-order valence-electron chi connectivity index (χ2n) is 6.97. The van der Waals surface area contributed by atoms with Gasteiger partial charge in [0.2, 0.25) is 10.0 Å². The Balaban J connectivity index is 1.76. The largest absolute Gasteiger partial charge is 0.397 e. The number of anilines is 2. The van der Waals surface area contributed by atoms with Gasteiger partial charge in [0.25, 0.3) is 0 Å². The second kappa shape index (κ2) is 7.89. The Morgan fingerprint density at radius 3 is 2.71 bits per heavy atom. The molecule has 0 amide bonds. The molecule has 4 rings (SSSR count). The number of pyridine rings is 1. The van der Waals surface area contributed by atoms with Crippen molar-refractivity contribution in [1.82, 2.24) is 9.97 Å². The third kappa shape index (κ3) is 4.30. The Labute approximate surface area is 183 Å². The van der Waals surface area contributed by atoms with Gasteiger partial charge in [-0.05, 0) is 42.0 Å². The van der Waals surface area contributed by atoms with E-state index in [0.717, 1.165) is 17.4 Å². The lowest BCUT2D eigenvalue weighted by atomic mass is 10.0. The number of nitrogen functional groups attached to an aromatic ring is 1. The van der Waals surface area contributed by atoms with Gasteiger partial charge < -0.3 is 10.7 Å². The second-order valence-corrected chi connectivity index (χ2v) is 8.90. The third-order valence-corrected chi connectivity index (χ3v) is 5.47. The zero-order chi connectivity index (χ0) is 22.2. The fraction of sp³-hybridized carbons (Fsp3) is 0.0476. The number of carbonyl (C=O) groups excluding carboxylic acids is 1. The van der Waals surface area contributed by atoms with Gasteiger partial charge in [-0.2, -0.15) is 4.36 Å². The highest BCUT2D eigenvalue weighted by atomic mass is 32.2. The Kier molecular flexibility index (Phi) is 5.25. The summed E-state index contributed by atoms with van der Waals surface area (Å²) in [5, 5.41) is 0.637. The van der Waals surface area contributed by atoms with E-state index < -0.39 is 10.0 Å². The van der Waals surface area contributed by atoms with Gasteiger partial charge in [0, 0.05) is 52.6 Å². The first-order valence-electron chi connectivity index (χ1n) is 9.08. The molecule has 0 radical (unpaired) electrons. The van der Waals surface area contributed by atoms with Crippen LogP contribution in [0.2, 0.25) is 0 Å². The summed E-state index contributed by atoms with van der Waals surface area (Å²) in [6.45, 7) is 0. The summed E-state index contributed by atoms with van der Waals surface area (Å²) in [4.78, 5) is 20.5. The Morgan fingerprint density at radius 1 is 1.16 bits per heavy atom. The van der Waals surface area contributed by atoms with Crippen LogP contribution in [0, 0.1) is 0 Å². The Hall–Kier alpha value is -3.63. The zero-order valence-electron chi connectivity index (χ0n) is 16.3. The van der Waals surface area contributed by atoms with Crippen molar-refractivity contribution >= 4 is 56.3 Å². The fourth-order valence-electron chi connectivity index (χ4n) is 3.24. The van der Waals surface area contributed by atoms with Crippen LogP contribution in [0.4, 0.5) is 17.1 Å². The topological polar surface area (TPSA) is 130 Å². The number of nitrogens with one attached hydrogen (secondary N) is 2. The van der Waals surface area contributed by atoms with Gasteiger partial charge in [-0.3, -0.25) is 9.52 Å². The number of benzene rings is 2. The van der Waals surface area contributed by atoms with Crippen molar-refractivity contribution in [1.29, 1.82) is 0 Å². The molecule has 0 unspecified atom stereocenters. The third-order valence-electron chi connectivity index (χ3n) is 4.67. The van der Waals surface area contributed by atoms with Gasteiger partial charge in [0.1, 0.15) is 11.3 Å². The number of hydrogen-bond donors (Lipinski definition) is 3. The SMILES string of the molecule is CS(=O)(=O)Nc1cccc(-c2cnc3[nH]cc(C(=O)c4ccc(N)c(N=S)c4)c3c2)c1. The van der Waals surface area contributed by atoms with Gasteiger partial charge in [0.15, 0.2) is 5.78 Å². The molecule has 0 bridgehead atoms. The maximum atomic E-state index is 13.1. The smallest absolute Gasteiger partial charge is 0.229 e. The maximum absolute atomic E-state index is 13.1. The highest BCUT2D eigenvalue weighted by Crippen LogP contribution is 2.29. The Bertz CT molecular complexity index is 1440. The number of H-pyrrole nitrogens is 1. The van der Waals surface area contributed by atoms with Crippen molar-refractivity contribution in [2.24, 2.45) is 4.36 Å². The van der Waals surface area contributed by atoms with Crippen molar-refractivity contribution in [3.8, 4) is 11.1 Å². The van der Waals surface area contributed by atoms with E-state index in [4.69, 9.17) is 18.2 Å². The van der Waals surface area contributed by atoms with Crippen LogP contribution in [-0.2, 0) is 22.4 Å². The lowest BCUT2D eigenvalue weighted by Crippen LogP contribution is -2.09. The lowest BCUT2D eigenvalue weighted by molar-refractivity contribution is 0.104. The molecule has 0 aliphatic rings. The minimum Gasteiger partial charge on any atom is -0.397 e. The normalized spacial score (nSPS) is 11.4. The molecule has 4 aromatic rings. The highest BCUT2D eigenvalue weighted by Gasteiger charge is 2.17. The zero-order valence-corrected chi connectivity index (χ0v) is 17.9. The summed E-state index contributed by atoms with van der Waals surface area (Å²) in [6.07, 6.45) is 4.35. The van der Waals surface area contributed by atoms with Crippen LogP contribution in [0.25, 0.3) is 22.2 Å². The number of nitrogens with zero attached hydrogens (tertiary/aromatic N) is 2. The monoisotopic (exact) mass is 451 g/mol. The van der Waals surface area contributed by atoms with Crippen molar-refractivity contribution < 1.29 is 13.2 Å². The molecule has 156 valence electrons.